The van der Waals surface area contributed by atoms with E-state index in [9.17, 15) is 4.79 Å². The average molecular weight is 249 g/mol. The van der Waals surface area contributed by atoms with Crippen LogP contribution < -0.4 is 16.2 Å². The second-order valence-corrected chi connectivity index (χ2v) is 5.39. The van der Waals surface area contributed by atoms with Crippen LogP contribution in [-0.4, -0.2) is 24.2 Å². The fourth-order valence-corrected chi connectivity index (χ4v) is 2.40. The summed E-state index contributed by atoms with van der Waals surface area (Å²) in [7, 11) is 0. The van der Waals surface area contributed by atoms with Crippen molar-refractivity contribution in [1.29, 1.82) is 0 Å². The summed E-state index contributed by atoms with van der Waals surface area (Å²) >= 11 is 0. The maximum absolute atomic E-state index is 11.8. The smallest absolute Gasteiger partial charge is 0.250 e. The van der Waals surface area contributed by atoms with Crippen molar-refractivity contribution in [2.24, 2.45) is 11.7 Å². The monoisotopic (exact) mass is 249 g/mol. The number of anilines is 1. The molecule has 0 aromatic carbocycles. The fraction of sp³-hybridized carbons (Fsp3) is 0.643. The molecule has 2 N–H and O–H groups in total. The van der Waals surface area contributed by atoms with Crippen molar-refractivity contribution in [3.63, 3.8) is 0 Å². The second kappa shape index (κ2) is 5.57. The van der Waals surface area contributed by atoms with E-state index in [2.05, 4.69) is 11.8 Å². The van der Waals surface area contributed by atoms with Crippen molar-refractivity contribution in [3.8, 4) is 0 Å². The molecule has 1 unspecified atom stereocenters. The molecule has 1 aliphatic rings. The van der Waals surface area contributed by atoms with Gasteiger partial charge < -0.3 is 15.2 Å². The van der Waals surface area contributed by atoms with E-state index >= 15 is 0 Å². The Morgan fingerprint density at radius 2 is 2.06 bits per heavy atom. The number of nitrogens with zero attached hydrogens (tertiary/aromatic N) is 2. The van der Waals surface area contributed by atoms with Gasteiger partial charge in [0.05, 0.1) is 5.69 Å². The lowest BCUT2D eigenvalue weighted by Crippen LogP contribution is -2.34. The molecule has 1 aliphatic heterocycles. The highest BCUT2D eigenvalue weighted by Gasteiger charge is 2.17. The molecule has 1 fully saturated rings. The Labute approximate surface area is 108 Å². The van der Waals surface area contributed by atoms with Gasteiger partial charge in [-0.2, -0.15) is 0 Å². The molecule has 0 aliphatic carbocycles. The van der Waals surface area contributed by atoms with Crippen molar-refractivity contribution < 1.29 is 0 Å². The summed E-state index contributed by atoms with van der Waals surface area (Å²) in [4.78, 5) is 14.2. The summed E-state index contributed by atoms with van der Waals surface area (Å²) in [5, 5.41) is 0. The second-order valence-electron chi connectivity index (χ2n) is 5.39. The zero-order valence-corrected chi connectivity index (χ0v) is 11.3. The van der Waals surface area contributed by atoms with Crippen LogP contribution in [0.15, 0.2) is 23.1 Å². The minimum absolute atomic E-state index is 0.0297. The van der Waals surface area contributed by atoms with E-state index in [-0.39, 0.29) is 11.6 Å². The van der Waals surface area contributed by atoms with E-state index in [0.717, 1.165) is 24.7 Å². The highest BCUT2D eigenvalue weighted by Crippen LogP contribution is 2.22. The molecule has 2 heterocycles. The summed E-state index contributed by atoms with van der Waals surface area (Å²) in [5.41, 5.74) is 6.82. The van der Waals surface area contributed by atoms with Gasteiger partial charge in [0.15, 0.2) is 0 Å². The van der Waals surface area contributed by atoms with E-state index in [1.807, 2.05) is 19.2 Å². The van der Waals surface area contributed by atoms with E-state index in [0.29, 0.717) is 6.54 Å². The van der Waals surface area contributed by atoms with Gasteiger partial charge in [-0.3, -0.25) is 4.79 Å². The molecule has 100 valence electrons. The third-order valence-electron chi connectivity index (χ3n) is 3.89. The van der Waals surface area contributed by atoms with Gasteiger partial charge in [0.2, 0.25) is 0 Å². The number of nitrogens with two attached hydrogens (primary N) is 1. The molecule has 4 nitrogen and oxygen atoms in total. The summed E-state index contributed by atoms with van der Waals surface area (Å²) in [6, 6.07) is 3.64. The molecule has 18 heavy (non-hydrogen) atoms. The van der Waals surface area contributed by atoms with Crippen LogP contribution >= 0.6 is 0 Å². The zero-order chi connectivity index (χ0) is 13.1. The van der Waals surface area contributed by atoms with Gasteiger partial charge >= 0.3 is 0 Å². The van der Waals surface area contributed by atoms with Crippen molar-refractivity contribution in [2.75, 3.05) is 24.5 Å². The van der Waals surface area contributed by atoms with Crippen LogP contribution in [0.3, 0.4) is 0 Å². The van der Waals surface area contributed by atoms with Crippen molar-refractivity contribution in [1.82, 2.24) is 4.57 Å². The third kappa shape index (κ3) is 2.75. The number of hydrogen-bond donors (Lipinski definition) is 1. The lowest BCUT2D eigenvalue weighted by Gasteiger charge is -2.32. The zero-order valence-electron chi connectivity index (χ0n) is 11.3. The molecule has 0 bridgehead atoms. The number of rotatable bonds is 3. The van der Waals surface area contributed by atoms with E-state index in [4.69, 9.17) is 5.73 Å². The van der Waals surface area contributed by atoms with Crippen LogP contribution in [0.5, 0.6) is 0 Å². The van der Waals surface area contributed by atoms with Gasteiger partial charge in [0, 0.05) is 37.9 Å². The number of hydrogen-bond acceptors (Lipinski definition) is 3. The quantitative estimate of drug-likeness (QED) is 0.885. The highest BCUT2D eigenvalue weighted by molar-refractivity contribution is 5.44. The van der Waals surface area contributed by atoms with Crippen molar-refractivity contribution >= 4 is 5.69 Å². The summed E-state index contributed by atoms with van der Waals surface area (Å²) in [6.07, 6.45) is 4.41. The molecule has 0 amide bonds. The van der Waals surface area contributed by atoms with Gasteiger partial charge in [0.1, 0.15) is 0 Å². The van der Waals surface area contributed by atoms with Crippen LogP contribution in [-0.2, 0) is 0 Å². The first-order valence-electron chi connectivity index (χ1n) is 6.79. The van der Waals surface area contributed by atoms with Gasteiger partial charge in [-0.15, -0.1) is 0 Å². The van der Waals surface area contributed by atoms with Crippen LogP contribution in [0.2, 0.25) is 0 Å². The molecule has 1 aromatic rings. The first-order valence-corrected chi connectivity index (χ1v) is 6.79. The maximum atomic E-state index is 11.8. The van der Waals surface area contributed by atoms with Gasteiger partial charge in [-0.1, -0.05) is 6.92 Å². The predicted molar refractivity (Wildman–Crippen MR) is 75.1 cm³/mol. The standard InChI is InChI=1S/C14H23N3O/c1-11-5-7-16(8-6-11)13-3-4-14(18)17(10-13)12(2)9-15/h3-4,10-12H,5-9,15H2,1-2H3. The fourth-order valence-electron chi connectivity index (χ4n) is 2.40. The molecule has 1 aromatic heterocycles. The minimum atomic E-state index is 0.0297. The van der Waals surface area contributed by atoms with Gasteiger partial charge in [-0.25, -0.2) is 0 Å². The first kappa shape index (κ1) is 13.1. The third-order valence-corrected chi connectivity index (χ3v) is 3.89. The van der Waals surface area contributed by atoms with Gasteiger partial charge in [0.25, 0.3) is 5.56 Å². The van der Waals surface area contributed by atoms with E-state index in [1.54, 1.807) is 10.6 Å². The van der Waals surface area contributed by atoms with Crippen LogP contribution in [0, 0.1) is 5.92 Å². The molecule has 0 spiro atoms. The molecular formula is C14H23N3O. The topological polar surface area (TPSA) is 51.3 Å². The molecular weight excluding hydrogens is 226 g/mol. The number of aromatic nitrogens is 1. The Morgan fingerprint density at radius 3 is 2.67 bits per heavy atom. The molecule has 2 rings (SSSR count). The Kier molecular flexibility index (Phi) is 4.07. The Bertz CT molecular complexity index is 447. The predicted octanol–water partition coefficient (Wildman–Crippen LogP) is 1.60. The minimum Gasteiger partial charge on any atom is -0.370 e. The number of pyridine rings is 1. The Morgan fingerprint density at radius 1 is 1.39 bits per heavy atom. The van der Waals surface area contributed by atoms with E-state index < -0.39 is 0 Å². The summed E-state index contributed by atoms with van der Waals surface area (Å²) in [5.74, 6) is 0.815. The van der Waals surface area contributed by atoms with Crippen molar-refractivity contribution in [2.45, 2.75) is 32.7 Å². The normalized spacial score (nSPS) is 18.9. The van der Waals surface area contributed by atoms with Crippen LogP contribution in [0.25, 0.3) is 0 Å². The van der Waals surface area contributed by atoms with Gasteiger partial charge in [-0.05, 0) is 31.7 Å². The molecule has 1 atom stereocenters. The molecule has 0 saturated carbocycles. The maximum Gasteiger partial charge on any atom is 0.250 e. The summed E-state index contributed by atoms with van der Waals surface area (Å²) in [6.45, 7) is 6.92. The first-order chi connectivity index (χ1) is 8.61. The Hall–Kier alpha value is -1.29. The average Bonchev–Trinajstić information content (AvgIpc) is 2.39. The lowest BCUT2D eigenvalue weighted by molar-refractivity contribution is 0.437. The van der Waals surface area contributed by atoms with E-state index in [1.165, 1.54) is 12.8 Å². The molecule has 0 radical (unpaired) electrons. The van der Waals surface area contributed by atoms with Crippen LogP contribution in [0.1, 0.15) is 32.7 Å². The molecule has 4 heteroatoms. The number of piperidine rings is 1. The SMILES string of the molecule is CC1CCN(c2ccc(=O)n(C(C)CN)c2)CC1. The lowest BCUT2D eigenvalue weighted by atomic mass is 9.99. The molecule has 1 saturated heterocycles. The highest BCUT2D eigenvalue weighted by atomic mass is 16.1. The van der Waals surface area contributed by atoms with Crippen LogP contribution in [0.4, 0.5) is 5.69 Å². The summed E-state index contributed by atoms with van der Waals surface area (Å²) < 4.78 is 1.74. The van der Waals surface area contributed by atoms with Crippen molar-refractivity contribution in [3.05, 3.63) is 28.7 Å². The Balaban J connectivity index is 2.21. The largest absolute Gasteiger partial charge is 0.370 e.